The van der Waals surface area contributed by atoms with Crippen LogP contribution in [0.1, 0.15) is 17.5 Å². The first-order chi connectivity index (χ1) is 9.33. The van der Waals surface area contributed by atoms with Crippen molar-refractivity contribution in [2.24, 2.45) is 0 Å². The van der Waals surface area contributed by atoms with Gasteiger partial charge in [-0.15, -0.1) is 0 Å². The van der Waals surface area contributed by atoms with Crippen LogP contribution in [0.3, 0.4) is 0 Å². The standard InChI is InChI=1S/C19H16/c1-15-12-18(16-8-4-2-5-9-16)14-19(13-15)17-10-6-3-7-11-17/h2-13H,1,14H2. The zero-order chi connectivity index (χ0) is 13.1. The van der Waals surface area contributed by atoms with Crippen LogP contribution in [0.15, 0.2) is 85.0 Å². The molecule has 0 atom stereocenters. The Bertz CT molecular complexity index is 585. The molecule has 1 aliphatic rings. The molecule has 0 bridgehead atoms. The molecule has 0 spiro atoms. The molecule has 0 radical (unpaired) electrons. The molecule has 0 fully saturated rings. The molecule has 0 saturated heterocycles. The third-order valence-corrected chi connectivity index (χ3v) is 3.39. The van der Waals surface area contributed by atoms with Gasteiger partial charge in [0, 0.05) is 0 Å². The van der Waals surface area contributed by atoms with Crippen LogP contribution >= 0.6 is 0 Å². The summed E-state index contributed by atoms with van der Waals surface area (Å²) in [6.07, 6.45) is 5.33. The van der Waals surface area contributed by atoms with Crippen molar-refractivity contribution in [2.75, 3.05) is 0 Å². The highest BCUT2D eigenvalue weighted by Crippen LogP contribution is 2.33. The minimum atomic E-state index is 0.965. The summed E-state index contributed by atoms with van der Waals surface area (Å²) in [4.78, 5) is 0. The molecule has 92 valence electrons. The smallest absolute Gasteiger partial charge is 0.00135 e. The number of benzene rings is 2. The van der Waals surface area contributed by atoms with Gasteiger partial charge in [-0.2, -0.15) is 0 Å². The lowest BCUT2D eigenvalue weighted by Crippen LogP contribution is -1.95. The van der Waals surface area contributed by atoms with Crippen molar-refractivity contribution in [2.45, 2.75) is 6.42 Å². The maximum absolute atomic E-state index is 4.11. The number of allylic oxidation sites excluding steroid dienone is 5. The van der Waals surface area contributed by atoms with E-state index in [0.717, 1.165) is 12.0 Å². The molecule has 0 heterocycles. The fourth-order valence-corrected chi connectivity index (χ4v) is 2.47. The Kier molecular flexibility index (Phi) is 3.16. The third kappa shape index (κ3) is 2.58. The fourth-order valence-electron chi connectivity index (χ4n) is 2.47. The van der Waals surface area contributed by atoms with Gasteiger partial charge in [-0.05, 0) is 34.3 Å². The summed E-state index contributed by atoms with van der Waals surface area (Å²) >= 11 is 0. The summed E-state index contributed by atoms with van der Waals surface area (Å²) in [5, 5.41) is 0. The Labute approximate surface area is 114 Å². The molecular formula is C19H16. The van der Waals surface area contributed by atoms with Gasteiger partial charge in [0.05, 0.1) is 0 Å². The third-order valence-electron chi connectivity index (χ3n) is 3.39. The monoisotopic (exact) mass is 244 g/mol. The van der Waals surface area contributed by atoms with Crippen molar-refractivity contribution in [3.63, 3.8) is 0 Å². The van der Waals surface area contributed by atoms with Gasteiger partial charge in [-0.25, -0.2) is 0 Å². The van der Waals surface area contributed by atoms with Crippen molar-refractivity contribution in [1.29, 1.82) is 0 Å². The van der Waals surface area contributed by atoms with Crippen molar-refractivity contribution in [3.8, 4) is 0 Å². The van der Waals surface area contributed by atoms with Gasteiger partial charge in [0.15, 0.2) is 0 Å². The molecule has 2 aromatic carbocycles. The number of hydrogen-bond acceptors (Lipinski definition) is 0. The van der Waals surface area contributed by atoms with E-state index < -0.39 is 0 Å². The molecule has 1 aliphatic carbocycles. The molecule has 3 rings (SSSR count). The lowest BCUT2D eigenvalue weighted by molar-refractivity contribution is 1.35. The lowest BCUT2D eigenvalue weighted by atomic mass is 9.88. The quantitative estimate of drug-likeness (QED) is 0.688. The Hall–Kier alpha value is -2.34. The normalized spacial score (nSPS) is 14.8. The van der Waals surface area contributed by atoms with Gasteiger partial charge < -0.3 is 0 Å². The highest BCUT2D eigenvalue weighted by Gasteiger charge is 2.11. The van der Waals surface area contributed by atoms with Crippen molar-refractivity contribution < 1.29 is 0 Å². The highest BCUT2D eigenvalue weighted by atomic mass is 14.2. The van der Waals surface area contributed by atoms with Crippen LogP contribution in [0.2, 0.25) is 0 Å². The van der Waals surface area contributed by atoms with Gasteiger partial charge in [0.1, 0.15) is 0 Å². The van der Waals surface area contributed by atoms with Gasteiger partial charge in [0.25, 0.3) is 0 Å². The van der Waals surface area contributed by atoms with Crippen LogP contribution in [0.4, 0.5) is 0 Å². The zero-order valence-electron chi connectivity index (χ0n) is 10.8. The molecule has 0 nitrogen and oxygen atoms in total. The van der Waals surface area contributed by atoms with Gasteiger partial charge in [0.2, 0.25) is 0 Å². The molecule has 0 amide bonds. The summed E-state index contributed by atoms with van der Waals surface area (Å²) in [6, 6.07) is 21.1. The summed E-state index contributed by atoms with van der Waals surface area (Å²) < 4.78 is 0. The largest absolute Gasteiger partial charge is 0.0917 e. The first-order valence-corrected chi connectivity index (χ1v) is 6.54. The maximum atomic E-state index is 4.11. The summed E-state index contributed by atoms with van der Waals surface area (Å²) in [5.41, 5.74) is 6.32. The zero-order valence-corrected chi connectivity index (χ0v) is 10.8. The first kappa shape index (κ1) is 11.7. The number of hydrogen-bond donors (Lipinski definition) is 0. The summed E-state index contributed by atoms with van der Waals surface area (Å²) in [7, 11) is 0. The average molecular weight is 244 g/mol. The molecule has 0 unspecified atom stereocenters. The fraction of sp³-hybridized carbons (Fsp3) is 0.0526. The van der Waals surface area contributed by atoms with Crippen LogP contribution in [0, 0.1) is 0 Å². The summed E-state index contributed by atoms with van der Waals surface area (Å²) in [5.74, 6) is 0. The van der Waals surface area contributed by atoms with Crippen LogP contribution < -0.4 is 0 Å². The van der Waals surface area contributed by atoms with Crippen molar-refractivity contribution in [3.05, 3.63) is 96.1 Å². The maximum Gasteiger partial charge on any atom is -0.00135 e. The van der Waals surface area contributed by atoms with E-state index in [-0.39, 0.29) is 0 Å². The van der Waals surface area contributed by atoms with Crippen LogP contribution in [-0.2, 0) is 0 Å². The van der Waals surface area contributed by atoms with Crippen LogP contribution in [0.5, 0.6) is 0 Å². The molecular weight excluding hydrogens is 228 g/mol. The Morgan fingerprint density at radius 2 is 1.05 bits per heavy atom. The minimum absolute atomic E-state index is 0.965. The second-order valence-corrected chi connectivity index (χ2v) is 4.82. The molecule has 0 aromatic heterocycles. The van der Waals surface area contributed by atoms with Gasteiger partial charge in [-0.3, -0.25) is 0 Å². The molecule has 19 heavy (non-hydrogen) atoms. The van der Waals surface area contributed by atoms with Gasteiger partial charge >= 0.3 is 0 Å². The SMILES string of the molecule is C=C1C=C(c2ccccc2)CC(c2ccccc2)=C1. The van der Waals surface area contributed by atoms with E-state index in [0.29, 0.717) is 0 Å². The van der Waals surface area contributed by atoms with Gasteiger partial charge in [-0.1, -0.05) is 79.4 Å². The van der Waals surface area contributed by atoms with Crippen molar-refractivity contribution >= 4 is 11.1 Å². The van der Waals surface area contributed by atoms with E-state index in [2.05, 4.69) is 79.4 Å². The highest BCUT2D eigenvalue weighted by molar-refractivity contribution is 5.85. The molecule has 2 aromatic rings. The first-order valence-electron chi connectivity index (χ1n) is 6.54. The van der Waals surface area contributed by atoms with Crippen LogP contribution in [0.25, 0.3) is 11.1 Å². The predicted molar refractivity (Wildman–Crippen MR) is 82.6 cm³/mol. The number of rotatable bonds is 2. The minimum Gasteiger partial charge on any atom is -0.0917 e. The Morgan fingerprint density at radius 3 is 1.47 bits per heavy atom. The van der Waals surface area contributed by atoms with E-state index in [4.69, 9.17) is 0 Å². The molecule has 0 saturated carbocycles. The Balaban J connectivity index is 1.94. The van der Waals surface area contributed by atoms with Crippen molar-refractivity contribution in [1.82, 2.24) is 0 Å². The second kappa shape index (κ2) is 5.11. The second-order valence-electron chi connectivity index (χ2n) is 4.82. The molecule has 0 N–H and O–H groups in total. The van der Waals surface area contributed by atoms with E-state index in [1.165, 1.54) is 22.3 Å². The van der Waals surface area contributed by atoms with E-state index in [9.17, 15) is 0 Å². The topological polar surface area (TPSA) is 0 Å². The van der Waals surface area contributed by atoms with E-state index in [1.54, 1.807) is 0 Å². The lowest BCUT2D eigenvalue weighted by Gasteiger charge is -2.17. The molecule has 0 aliphatic heterocycles. The van der Waals surface area contributed by atoms with E-state index in [1.807, 2.05) is 0 Å². The summed E-state index contributed by atoms with van der Waals surface area (Å²) in [6.45, 7) is 4.11. The van der Waals surface area contributed by atoms with E-state index >= 15 is 0 Å². The average Bonchev–Trinajstić information content (AvgIpc) is 2.48. The predicted octanol–water partition coefficient (Wildman–Crippen LogP) is 5.11. The Morgan fingerprint density at radius 1 is 0.632 bits per heavy atom. The van der Waals surface area contributed by atoms with Crippen LogP contribution in [-0.4, -0.2) is 0 Å². The molecule has 0 heteroatoms.